The highest BCUT2D eigenvalue weighted by Crippen LogP contribution is 2.15. The number of rotatable bonds is 6. The van der Waals surface area contributed by atoms with E-state index < -0.39 is 17.6 Å². The zero-order valence-corrected chi connectivity index (χ0v) is 17.7. The van der Waals surface area contributed by atoms with Crippen LogP contribution in [0, 0.1) is 0 Å². The Labute approximate surface area is 180 Å². The number of carbonyl (C=O) groups excluding carboxylic acids is 3. The van der Waals surface area contributed by atoms with Gasteiger partial charge in [-0.3, -0.25) is 9.59 Å². The molecule has 30 heavy (non-hydrogen) atoms. The third-order valence-corrected chi connectivity index (χ3v) is 3.74. The van der Waals surface area contributed by atoms with Crippen molar-refractivity contribution in [2.45, 2.75) is 26.4 Å². The molecule has 0 aliphatic carbocycles. The monoisotopic (exact) mass is 429 g/mol. The van der Waals surface area contributed by atoms with Crippen LogP contribution in [0.4, 0.5) is 16.2 Å². The number of anilines is 2. The second-order valence-corrected chi connectivity index (χ2v) is 7.79. The summed E-state index contributed by atoms with van der Waals surface area (Å²) in [5.41, 5.74) is 1.28. The summed E-state index contributed by atoms with van der Waals surface area (Å²) in [5.74, 6) is -0.699. The predicted octanol–water partition coefficient (Wildman–Crippen LogP) is 4.46. The minimum Gasteiger partial charge on any atom is -0.444 e. The summed E-state index contributed by atoms with van der Waals surface area (Å²) >= 11 is 5.91. The fraction of sp³-hybridized carbons (Fsp3) is 0.227. The maximum Gasteiger partial charge on any atom is 0.408 e. The van der Waals surface area contributed by atoms with E-state index in [4.69, 9.17) is 16.3 Å². The molecule has 3 N–H and O–H groups in total. The van der Waals surface area contributed by atoms with E-state index in [-0.39, 0.29) is 12.5 Å². The summed E-state index contributed by atoms with van der Waals surface area (Å²) in [5, 5.41) is 8.34. The Morgan fingerprint density at radius 2 is 1.63 bits per heavy atom. The van der Waals surface area contributed by atoms with Crippen LogP contribution < -0.4 is 16.0 Å². The number of carbonyl (C=O) groups is 3. The number of alkyl carbamates (subject to hydrolysis) is 1. The lowest BCUT2D eigenvalue weighted by Crippen LogP contribution is -2.37. The molecule has 0 radical (unpaired) electrons. The second kappa shape index (κ2) is 10.5. The van der Waals surface area contributed by atoms with Crippen LogP contribution >= 0.6 is 11.6 Å². The summed E-state index contributed by atoms with van der Waals surface area (Å²) in [6.07, 6.45) is 2.40. The number of amides is 3. The third kappa shape index (κ3) is 8.79. The molecule has 0 fully saturated rings. The molecule has 3 amide bonds. The standard InChI is InChI=1S/C22H24ClN3O4/c1-22(2,3)30-21(29)24-14-20(28)26-18-10-8-17(9-11-18)25-19(27)12-7-15-5-4-6-16(23)13-15/h4-13H,14H2,1-3H3,(H,24,29)(H,25,27)(H,26,28)/b12-7+. The average molecular weight is 430 g/mol. The van der Waals surface area contributed by atoms with Crippen LogP contribution in [0.15, 0.2) is 54.6 Å². The molecule has 0 aromatic heterocycles. The van der Waals surface area contributed by atoms with E-state index in [1.807, 2.05) is 6.07 Å². The molecule has 0 bridgehead atoms. The first kappa shape index (κ1) is 23.0. The fourth-order valence-electron chi connectivity index (χ4n) is 2.27. The van der Waals surface area contributed by atoms with Gasteiger partial charge in [0, 0.05) is 22.5 Å². The van der Waals surface area contributed by atoms with Crippen molar-refractivity contribution in [3.05, 3.63) is 65.2 Å². The van der Waals surface area contributed by atoms with Crippen molar-refractivity contribution >= 4 is 47.0 Å². The zero-order chi connectivity index (χ0) is 22.1. The number of benzene rings is 2. The van der Waals surface area contributed by atoms with Crippen LogP contribution in [0.2, 0.25) is 5.02 Å². The molecular weight excluding hydrogens is 406 g/mol. The topological polar surface area (TPSA) is 96.5 Å². The maximum atomic E-state index is 12.0. The van der Waals surface area contributed by atoms with Crippen molar-refractivity contribution in [1.82, 2.24) is 5.32 Å². The Bertz CT molecular complexity index is 934. The van der Waals surface area contributed by atoms with E-state index in [0.717, 1.165) is 5.56 Å². The molecule has 2 aromatic rings. The van der Waals surface area contributed by atoms with Gasteiger partial charge in [0.1, 0.15) is 12.1 Å². The Hall–Kier alpha value is -3.32. The van der Waals surface area contributed by atoms with E-state index in [9.17, 15) is 14.4 Å². The van der Waals surface area contributed by atoms with E-state index in [2.05, 4.69) is 16.0 Å². The lowest BCUT2D eigenvalue weighted by molar-refractivity contribution is -0.115. The van der Waals surface area contributed by atoms with Gasteiger partial charge < -0.3 is 20.7 Å². The van der Waals surface area contributed by atoms with Crippen molar-refractivity contribution in [1.29, 1.82) is 0 Å². The number of ether oxygens (including phenoxy) is 1. The lowest BCUT2D eigenvalue weighted by Gasteiger charge is -2.19. The molecule has 2 rings (SSSR count). The first-order chi connectivity index (χ1) is 14.1. The summed E-state index contributed by atoms with van der Waals surface area (Å²) < 4.78 is 5.06. The van der Waals surface area contributed by atoms with Crippen LogP contribution in [0.3, 0.4) is 0 Å². The van der Waals surface area contributed by atoms with Gasteiger partial charge in [-0.2, -0.15) is 0 Å². The zero-order valence-electron chi connectivity index (χ0n) is 17.0. The number of hydrogen-bond donors (Lipinski definition) is 3. The van der Waals surface area contributed by atoms with Gasteiger partial charge in [-0.25, -0.2) is 4.79 Å². The number of nitrogens with one attached hydrogen (secondary N) is 3. The molecule has 158 valence electrons. The maximum absolute atomic E-state index is 12.0. The van der Waals surface area contributed by atoms with Crippen LogP contribution in [0.25, 0.3) is 6.08 Å². The molecule has 0 aliphatic heterocycles. The van der Waals surface area contributed by atoms with Gasteiger partial charge in [-0.1, -0.05) is 23.7 Å². The van der Waals surface area contributed by atoms with Crippen LogP contribution in [0.5, 0.6) is 0 Å². The second-order valence-electron chi connectivity index (χ2n) is 7.36. The van der Waals surface area contributed by atoms with Gasteiger partial charge >= 0.3 is 6.09 Å². The highest BCUT2D eigenvalue weighted by atomic mass is 35.5. The van der Waals surface area contributed by atoms with E-state index in [1.165, 1.54) is 6.08 Å². The summed E-state index contributed by atoms with van der Waals surface area (Å²) in [6.45, 7) is 4.99. The number of halogens is 1. The fourth-order valence-corrected chi connectivity index (χ4v) is 2.47. The molecule has 8 heteroatoms. The minimum atomic E-state index is -0.665. The molecule has 0 spiro atoms. The van der Waals surface area contributed by atoms with Gasteiger partial charge in [-0.05, 0) is 68.8 Å². The lowest BCUT2D eigenvalue weighted by atomic mass is 10.2. The first-order valence-corrected chi connectivity index (χ1v) is 9.60. The number of hydrogen-bond acceptors (Lipinski definition) is 4. The van der Waals surface area contributed by atoms with Gasteiger partial charge in [0.2, 0.25) is 11.8 Å². The van der Waals surface area contributed by atoms with Crippen LogP contribution in [0.1, 0.15) is 26.3 Å². The molecule has 0 saturated carbocycles. The normalized spacial score (nSPS) is 11.1. The highest BCUT2D eigenvalue weighted by molar-refractivity contribution is 6.30. The van der Waals surface area contributed by atoms with Crippen LogP contribution in [-0.4, -0.2) is 30.1 Å². The van der Waals surface area contributed by atoms with Crippen molar-refractivity contribution in [2.24, 2.45) is 0 Å². The van der Waals surface area contributed by atoms with Crippen LogP contribution in [-0.2, 0) is 14.3 Å². The molecule has 0 aliphatic rings. The van der Waals surface area contributed by atoms with Gasteiger partial charge in [0.15, 0.2) is 0 Å². The average Bonchev–Trinajstić information content (AvgIpc) is 2.65. The Kier molecular flexibility index (Phi) is 8.00. The molecule has 0 saturated heterocycles. The van der Waals surface area contributed by atoms with Gasteiger partial charge in [0.25, 0.3) is 0 Å². The largest absolute Gasteiger partial charge is 0.444 e. The molecule has 0 unspecified atom stereocenters. The quantitative estimate of drug-likeness (QED) is 0.591. The van der Waals surface area contributed by atoms with Gasteiger partial charge in [0.05, 0.1) is 0 Å². The molecule has 7 nitrogen and oxygen atoms in total. The SMILES string of the molecule is CC(C)(C)OC(=O)NCC(=O)Nc1ccc(NC(=O)/C=C/c2cccc(Cl)c2)cc1. The van der Waals surface area contributed by atoms with Gasteiger partial charge in [-0.15, -0.1) is 0 Å². The predicted molar refractivity (Wildman–Crippen MR) is 118 cm³/mol. The van der Waals surface area contributed by atoms with Crippen molar-refractivity contribution < 1.29 is 19.1 Å². The van der Waals surface area contributed by atoms with Crippen molar-refractivity contribution in [2.75, 3.05) is 17.2 Å². The van der Waals surface area contributed by atoms with Crippen molar-refractivity contribution in [3.8, 4) is 0 Å². The smallest absolute Gasteiger partial charge is 0.408 e. The molecule has 0 atom stereocenters. The summed E-state index contributed by atoms with van der Waals surface area (Å²) in [7, 11) is 0. The van der Waals surface area contributed by atoms with E-state index >= 15 is 0 Å². The summed E-state index contributed by atoms with van der Waals surface area (Å²) in [4.78, 5) is 35.5. The third-order valence-electron chi connectivity index (χ3n) is 3.50. The van der Waals surface area contributed by atoms with E-state index in [1.54, 1.807) is 69.3 Å². The Balaban J connectivity index is 1.80. The Morgan fingerprint density at radius 3 is 2.23 bits per heavy atom. The first-order valence-electron chi connectivity index (χ1n) is 9.22. The van der Waals surface area contributed by atoms with E-state index in [0.29, 0.717) is 16.4 Å². The Morgan fingerprint density at radius 1 is 1.00 bits per heavy atom. The molecule has 2 aromatic carbocycles. The molecular formula is C22H24ClN3O4. The molecule has 0 heterocycles. The highest BCUT2D eigenvalue weighted by Gasteiger charge is 2.16. The minimum absolute atomic E-state index is 0.221. The van der Waals surface area contributed by atoms with Crippen molar-refractivity contribution in [3.63, 3.8) is 0 Å². The summed E-state index contributed by atoms with van der Waals surface area (Å²) in [6, 6.07) is 13.7.